The summed E-state index contributed by atoms with van der Waals surface area (Å²) in [6, 6.07) is 1.27. The molecule has 0 unspecified atom stereocenters. The molecule has 9 heteroatoms. The zero-order chi connectivity index (χ0) is 19.0. The first-order valence-corrected chi connectivity index (χ1v) is 8.01. The van der Waals surface area contributed by atoms with Crippen molar-refractivity contribution < 1.29 is 23.5 Å². The lowest BCUT2D eigenvalue weighted by molar-refractivity contribution is 0.0759. The first kappa shape index (κ1) is 18.0. The Balaban J connectivity index is 1.72. The molecule has 3 rings (SSSR count). The van der Waals surface area contributed by atoms with Crippen LogP contribution in [-0.4, -0.2) is 57.0 Å². The fourth-order valence-electron chi connectivity index (χ4n) is 2.98. The maximum Gasteiger partial charge on any atom is 0.274 e. The Morgan fingerprint density at radius 1 is 1.27 bits per heavy atom. The summed E-state index contributed by atoms with van der Waals surface area (Å²) in [4.78, 5) is 32.7. The van der Waals surface area contributed by atoms with E-state index in [0.717, 1.165) is 12.1 Å². The Kier molecular flexibility index (Phi) is 4.73. The molecule has 1 saturated heterocycles. The molecule has 0 saturated carbocycles. The number of hydrogen-bond acceptors (Lipinski definition) is 4. The van der Waals surface area contributed by atoms with Gasteiger partial charge in [-0.15, -0.1) is 0 Å². The maximum atomic E-state index is 13.9. The molecule has 0 aliphatic carbocycles. The van der Waals surface area contributed by atoms with E-state index in [9.17, 15) is 23.5 Å². The molecule has 3 N–H and O–H groups in total. The molecule has 2 aromatic rings. The number of imidazole rings is 1. The maximum absolute atomic E-state index is 13.9. The van der Waals surface area contributed by atoms with Crippen LogP contribution in [0, 0.1) is 25.5 Å². The summed E-state index contributed by atoms with van der Waals surface area (Å²) in [6.07, 6.45) is 0.329. The Morgan fingerprint density at radius 3 is 2.50 bits per heavy atom. The molecule has 0 radical (unpaired) electrons. The average molecular weight is 364 g/mol. The second-order valence-electron chi connectivity index (χ2n) is 6.34. The number of nitrogens with zero attached hydrogens (tertiary/aromatic N) is 2. The molecule has 138 valence electrons. The minimum Gasteiger partial charge on any atom is -0.389 e. The second-order valence-corrected chi connectivity index (χ2v) is 6.34. The smallest absolute Gasteiger partial charge is 0.274 e. The summed E-state index contributed by atoms with van der Waals surface area (Å²) >= 11 is 0. The zero-order valence-electron chi connectivity index (χ0n) is 14.2. The number of H-pyrrole nitrogens is 1. The van der Waals surface area contributed by atoms with Gasteiger partial charge in [0.2, 0.25) is 0 Å². The Hall–Kier alpha value is -2.81. The quantitative estimate of drug-likeness (QED) is 0.754. The molecule has 2 heterocycles. The number of aromatic amines is 1. The van der Waals surface area contributed by atoms with E-state index in [1.54, 1.807) is 6.92 Å². The van der Waals surface area contributed by atoms with Gasteiger partial charge < -0.3 is 20.3 Å². The molecule has 1 aromatic heterocycles. The van der Waals surface area contributed by atoms with E-state index in [4.69, 9.17) is 0 Å². The number of hydrogen-bond donors (Lipinski definition) is 3. The fraction of sp³-hybridized carbons (Fsp3) is 0.353. The predicted molar refractivity (Wildman–Crippen MR) is 87.6 cm³/mol. The van der Waals surface area contributed by atoms with Gasteiger partial charge in [-0.3, -0.25) is 9.59 Å². The first-order valence-electron chi connectivity index (χ1n) is 8.01. The third-order valence-corrected chi connectivity index (χ3v) is 4.34. The van der Waals surface area contributed by atoms with E-state index in [0.29, 0.717) is 11.3 Å². The lowest BCUT2D eigenvalue weighted by Crippen LogP contribution is -2.43. The van der Waals surface area contributed by atoms with Crippen molar-refractivity contribution in [2.24, 2.45) is 0 Å². The second kappa shape index (κ2) is 6.83. The molecule has 26 heavy (non-hydrogen) atoms. The number of benzene rings is 1. The van der Waals surface area contributed by atoms with Crippen LogP contribution in [0.25, 0.3) is 0 Å². The van der Waals surface area contributed by atoms with Crippen molar-refractivity contribution in [2.75, 3.05) is 13.1 Å². The monoisotopic (exact) mass is 364 g/mol. The number of carbonyl (C=O) groups is 2. The number of aliphatic hydroxyl groups excluding tert-OH is 1. The van der Waals surface area contributed by atoms with Gasteiger partial charge in [-0.25, -0.2) is 13.8 Å². The Morgan fingerprint density at radius 2 is 1.92 bits per heavy atom. The largest absolute Gasteiger partial charge is 0.389 e. The molecule has 1 aliphatic rings. The topological polar surface area (TPSA) is 98.3 Å². The van der Waals surface area contributed by atoms with Gasteiger partial charge in [0, 0.05) is 18.8 Å². The van der Waals surface area contributed by atoms with Crippen molar-refractivity contribution in [2.45, 2.75) is 26.0 Å². The lowest BCUT2D eigenvalue weighted by Gasteiger charge is -2.17. The molecule has 1 aliphatic heterocycles. The standard InChI is InChI=1S/C17H18F2N4O3/c1-8-3-10(18)14(11(19)4-8)16(25)22-12-5-23(6-13(12)24)17(26)15-9(2)20-7-21-15/h3-4,7,12-13,24H,5-6H2,1-2H3,(H,20,21)(H,22,25)/t12-,13-/m1/s1. The van der Waals surface area contributed by atoms with Gasteiger partial charge >= 0.3 is 0 Å². The van der Waals surface area contributed by atoms with Crippen LogP contribution in [0.15, 0.2) is 18.5 Å². The number of β-amino-alcohol motifs (C(OH)–C–C–N with tert-alkyl or cyclic N) is 1. The summed E-state index contributed by atoms with van der Waals surface area (Å²) in [5, 5.41) is 12.5. The van der Waals surface area contributed by atoms with E-state index in [2.05, 4.69) is 15.3 Å². The number of carbonyl (C=O) groups excluding carboxylic acids is 2. The van der Waals surface area contributed by atoms with Gasteiger partial charge in [0.15, 0.2) is 0 Å². The number of aromatic nitrogens is 2. The number of aliphatic hydroxyl groups is 1. The summed E-state index contributed by atoms with van der Waals surface area (Å²) in [5.41, 5.74) is 0.444. The van der Waals surface area contributed by atoms with Crippen molar-refractivity contribution in [3.8, 4) is 0 Å². The summed E-state index contributed by atoms with van der Waals surface area (Å²) in [6.45, 7) is 3.19. The normalized spacial score (nSPS) is 19.7. The van der Waals surface area contributed by atoms with Crippen LogP contribution in [-0.2, 0) is 0 Å². The Bertz CT molecular complexity index is 844. The van der Waals surface area contributed by atoms with E-state index in [-0.39, 0.29) is 18.8 Å². The van der Waals surface area contributed by atoms with Crippen LogP contribution in [0.3, 0.4) is 0 Å². The van der Waals surface area contributed by atoms with E-state index in [1.165, 1.54) is 18.2 Å². The molecule has 7 nitrogen and oxygen atoms in total. The fourth-order valence-corrected chi connectivity index (χ4v) is 2.98. The third kappa shape index (κ3) is 3.30. The first-order chi connectivity index (χ1) is 12.3. The highest BCUT2D eigenvalue weighted by Gasteiger charge is 2.37. The minimum atomic E-state index is -1.06. The molecule has 1 aromatic carbocycles. The number of amides is 2. The van der Waals surface area contributed by atoms with E-state index in [1.807, 2.05) is 0 Å². The van der Waals surface area contributed by atoms with Crippen LogP contribution < -0.4 is 5.32 Å². The van der Waals surface area contributed by atoms with Crippen LogP contribution >= 0.6 is 0 Å². The third-order valence-electron chi connectivity index (χ3n) is 4.34. The lowest BCUT2D eigenvalue weighted by atomic mass is 10.1. The zero-order valence-corrected chi connectivity index (χ0v) is 14.2. The molecule has 2 amide bonds. The molecule has 0 bridgehead atoms. The number of likely N-dealkylation sites (tertiary alicyclic amines) is 1. The number of rotatable bonds is 3. The summed E-state index contributed by atoms with van der Waals surface area (Å²) < 4.78 is 27.9. The van der Waals surface area contributed by atoms with Gasteiger partial charge in [0.1, 0.15) is 22.9 Å². The highest BCUT2D eigenvalue weighted by atomic mass is 19.1. The Labute approximate surface area is 148 Å². The SMILES string of the molecule is Cc1cc(F)c(C(=O)N[C@@H]2CN(C(=O)c3nc[nH]c3C)C[C@H]2O)c(F)c1. The van der Waals surface area contributed by atoms with Crippen LogP contribution in [0.2, 0.25) is 0 Å². The summed E-state index contributed by atoms with van der Waals surface area (Å²) in [5.74, 6) is -3.33. The highest BCUT2D eigenvalue weighted by Crippen LogP contribution is 2.18. The van der Waals surface area contributed by atoms with Gasteiger partial charge in [-0.1, -0.05) is 0 Å². The van der Waals surface area contributed by atoms with Gasteiger partial charge in [-0.05, 0) is 31.5 Å². The molecule has 1 fully saturated rings. The van der Waals surface area contributed by atoms with Crippen molar-refractivity contribution in [1.29, 1.82) is 0 Å². The molecular weight excluding hydrogens is 346 g/mol. The van der Waals surface area contributed by atoms with Crippen LogP contribution in [0.1, 0.15) is 32.1 Å². The predicted octanol–water partition coefficient (Wildman–Crippen LogP) is 0.920. The van der Waals surface area contributed by atoms with Crippen molar-refractivity contribution in [3.63, 3.8) is 0 Å². The number of halogens is 2. The van der Waals surface area contributed by atoms with Gasteiger partial charge in [0.05, 0.1) is 18.5 Å². The van der Waals surface area contributed by atoms with E-state index < -0.39 is 41.2 Å². The van der Waals surface area contributed by atoms with Crippen molar-refractivity contribution >= 4 is 11.8 Å². The molecule has 2 atom stereocenters. The van der Waals surface area contributed by atoms with Crippen molar-refractivity contribution in [3.05, 3.63) is 52.6 Å². The van der Waals surface area contributed by atoms with Crippen LogP contribution in [0.5, 0.6) is 0 Å². The van der Waals surface area contributed by atoms with Gasteiger partial charge in [0.25, 0.3) is 11.8 Å². The van der Waals surface area contributed by atoms with Crippen LogP contribution in [0.4, 0.5) is 8.78 Å². The molecular formula is C17H18F2N4O3. The van der Waals surface area contributed by atoms with Gasteiger partial charge in [-0.2, -0.15) is 0 Å². The number of nitrogens with one attached hydrogen (secondary N) is 2. The van der Waals surface area contributed by atoms with E-state index >= 15 is 0 Å². The number of aryl methyl sites for hydroxylation is 2. The molecule has 0 spiro atoms. The summed E-state index contributed by atoms with van der Waals surface area (Å²) in [7, 11) is 0. The minimum absolute atomic E-state index is 0.00708. The highest BCUT2D eigenvalue weighted by molar-refractivity contribution is 5.96. The average Bonchev–Trinajstić information content (AvgIpc) is 3.12. The van der Waals surface area contributed by atoms with Crippen molar-refractivity contribution in [1.82, 2.24) is 20.2 Å².